The second-order valence-corrected chi connectivity index (χ2v) is 7.98. The monoisotopic (exact) mass is 489 g/mol. The van der Waals surface area contributed by atoms with Crippen molar-refractivity contribution in [2.75, 3.05) is 6.54 Å². The third-order valence-electron chi connectivity index (χ3n) is 4.27. The van der Waals surface area contributed by atoms with Crippen LogP contribution in [0.15, 0.2) is 60.7 Å². The molecule has 154 valence electrons. The van der Waals surface area contributed by atoms with Crippen molar-refractivity contribution in [2.45, 2.75) is 19.6 Å². The SMILES string of the molecule is Cl.Clc1ccc(CCNCc2ccccc2OCc2ccc(Cl)cc2Cl)c(Cl)c1. The molecule has 0 aliphatic rings. The van der Waals surface area contributed by atoms with Crippen LogP contribution in [-0.4, -0.2) is 6.54 Å². The molecule has 0 aromatic heterocycles. The molecule has 0 aliphatic heterocycles. The number of rotatable bonds is 8. The molecule has 0 heterocycles. The molecule has 0 atom stereocenters. The van der Waals surface area contributed by atoms with Gasteiger partial charge >= 0.3 is 0 Å². The predicted molar refractivity (Wildman–Crippen MR) is 126 cm³/mol. The van der Waals surface area contributed by atoms with Gasteiger partial charge in [-0.25, -0.2) is 0 Å². The van der Waals surface area contributed by atoms with E-state index in [2.05, 4.69) is 5.32 Å². The van der Waals surface area contributed by atoms with Crippen LogP contribution in [-0.2, 0) is 19.6 Å². The zero-order valence-corrected chi connectivity index (χ0v) is 19.3. The normalized spacial score (nSPS) is 10.5. The summed E-state index contributed by atoms with van der Waals surface area (Å²) in [5.41, 5.74) is 3.04. The molecule has 0 aliphatic carbocycles. The van der Waals surface area contributed by atoms with Crippen LogP contribution in [0.4, 0.5) is 0 Å². The maximum absolute atomic E-state index is 6.22. The van der Waals surface area contributed by atoms with Gasteiger partial charge in [0.1, 0.15) is 12.4 Å². The smallest absolute Gasteiger partial charge is 0.124 e. The Hall–Kier alpha value is -1.13. The first-order valence-corrected chi connectivity index (χ1v) is 10.3. The highest BCUT2D eigenvalue weighted by molar-refractivity contribution is 6.35. The van der Waals surface area contributed by atoms with Gasteiger partial charge in [0.05, 0.1) is 0 Å². The third kappa shape index (κ3) is 7.25. The quantitative estimate of drug-likeness (QED) is 0.327. The van der Waals surface area contributed by atoms with Crippen molar-refractivity contribution < 1.29 is 4.74 Å². The Kier molecular flexibility index (Phi) is 9.91. The summed E-state index contributed by atoms with van der Waals surface area (Å²) in [6.07, 6.45) is 0.819. The molecule has 2 nitrogen and oxygen atoms in total. The van der Waals surface area contributed by atoms with E-state index in [1.54, 1.807) is 12.1 Å². The topological polar surface area (TPSA) is 21.3 Å². The lowest BCUT2D eigenvalue weighted by molar-refractivity contribution is 0.302. The number of benzene rings is 3. The first-order chi connectivity index (χ1) is 13.5. The summed E-state index contributed by atoms with van der Waals surface area (Å²) in [6.45, 7) is 1.86. The average Bonchev–Trinajstić information content (AvgIpc) is 2.67. The molecule has 3 aromatic rings. The fourth-order valence-corrected chi connectivity index (χ4v) is 3.72. The molecule has 0 saturated carbocycles. The van der Waals surface area contributed by atoms with Crippen LogP contribution in [0.25, 0.3) is 0 Å². The summed E-state index contributed by atoms with van der Waals surface area (Å²) in [5, 5.41) is 5.98. The van der Waals surface area contributed by atoms with Crippen LogP contribution in [0.2, 0.25) is 20.1 Å². The van der Waals surface area contributed by atoms with E-state index in [4.69, 9.17) is 51.1 Å². The lowest BCUT2D eigenvalue weighted by Crippen LogP contribution is -2.17. The van der Waals surface area contributed by atoms with Gasteiger partial charge in [0.25, 0.3) is 0 Å². The van der Waals surface area contributed by atoms with E-state index in [0.29, 0.717) is 33.2 Å². The molecule has 0 amide bonds. The summed E-state index contributed by atoms with van der Waals surface area (Å²) < 4.78 is 5.99. The maximum atomic E-state index is 6.22. The number of hydrogen-bond donors (Lipinski definition) is 1. The number of nitrogens with one attached hydrogen (secondary N) is 1. The van der Waals surface area contributed by atoms with Gasteiger partial charge in [-0.15, -0.1) is 12.4 Å². The molecule has 0 fully saturated rings. The molecule has 7 heteroatoms. The number of ether oxygens (including phenoxy) is 1. The van der Waals surface area contributed by atoms with Gasteiger partial charge in [-0.05, 0) is 48.9 Å². The van der Waals surface area contributed by atoms with Crippen molar-refractivity contribution in [3.05, 3.63) is 97.4 Å². The van der Waals surface area contributed by atoms with E-state index in [1.807, 2.05) is 48.5 Å². The predicted octanol–water partition coefficient (Wildman–Crippen LogP) is 7.63. The van der Waals surface area contributed by atoms with Crippen LogP contribution in [0, 0.1) is 0 Å². The molecule has 0 saturated heterocycles. The molecule has 0 radical (unpaired) electrons. The largest absolute Gasteiger partial charge is 0.489 e. The Morgan fingerprint density at radius 2 is 1.34 bits per heavy atom. The van der Waals surface area contributed by atoms with Crippen molar-refractivity contribution in [1.29, 1.82) is 0 Å². The first kappa shape index (κ1) is 24.1. The molecule has 3 rings (SSSR count). The van der Waals surface area contributed by atoms with Crippen LogP contribution < -0.4 is 10.1 Å². The summed E-state index contributed by atoms with van der Waals surface area (Å²) in [7, 11) is 0. The van der Waals surface area contributed by atoms with Crippen LogP contribution in [0.5, 0.6) is 5.75 Å². The van der Waals surface area contributed by atoms with E-state index in [0.717, 1.165) is 35.4 Å². The fraction of sp³-hybridized carbons (Fsp3) is 0.182. The first-order valence-electron chi connectivity index (χ1n) is 8.82. The Bertz CT molecular complexity index is 948. The van der Waals surface area contributed by atoms with E-state index in [1.165, 1.54) is 0 Å². The zero-order valence-electron chi connectivity index (χ0n) is 15.4. The molecule has 0 unspecified atom stereocenters. The minimum absolute atomic E-state index is 0. The van der Waals surface area contributed by atoms with Crippen molar-refractivity contribution in [3.8, 4) is 5.75 Å². The Balaban J connectivity index is 0.00000300. The van der Waals surface area contributed by atoms with Crippen molar-refractivity contribution in [3.63, 3.8) is 0 Å². The second kappa shape index (κ2) is 11.9. The Labute approximate surface area is 197 Å². The molecule has 3 aromatic carbocycles. The molecule has 0 spiro atoms. The highest BCUT2D eigenvalue weighted by Crippen LogP contribution is 2.25. The van der Waals surface area contributed by atoms with Gasteiger partial charge in [0.2, 0.25) is 0 Å². The van der Waals surface area contributed by atoms with Crippen LogP contribution in [0.3, 0.4) is 0 Å². The maximum Gasteiger partial charge on any atom is 0.124 e. The lowest BCUT2D eigenvalue weighted by atomic mass is 10.1. The second-order valence-electron chi connectivity index (χ2n) is 6.29. The van der Waals surface area contributed by atoms with Crippen molar-refractivity contribution in [2.24, 2.45) is 0 Å². The summed E-state index contributed by atoms with van der Waals surface area (Å²) in [6, 6.07) is 18.9. The molecule has 1 N–H and O–H groups in total. The van der Waals surface area contributed by atoms with Crippen molar-refractivity contribution >= 4 is 58.8 Å². The van der Waals surface area contributed by atoms with E-state index < -0.39 is 0 Å². The molecular formula is C22H20Cl5NO. The van der Waals surface area contributed by atoms with E-state index >= 15 is 0 Å². The van der Waals surface area contributed by atoms with Crippen molar-refractivity contribution in [1.82, 2.24) is 5.32 Å². The van der Waals surface area contributed by atoms with Gasteiger partial charge in [-0.2, -0.15) is 0 Å². The summed E-state index contributed by atoms with van der Waals surface area (Å²) in [5.74, 6) is 0.825. The molecule has 29 heavy (non-hydrogen) atoms. The third-order valence-corrected chi connectivity index (χ3v) is 5.45. The highest BCUT2D eigenvalue weighted by Gasteiger charge is 2.07. The number of para-hydroxylation sites is 1. The summed E-state index contributed by atoms with van der Waals surface area (Å²) >= 11 is 24.3. The van der Waals surface area contributed by atoms with Gasteiger partial charge in [-0.3, -0.25) is 0 Å². The fourth-order valence-electron chi connectivity index (χ4n) is 2.76. The van der Waals surface area contributed by atoms with Gasteiger partial charge < -0.3 is 10.1 Å². The van der Waals surface area contributed by atoms with Crippen LogP contribution in [0.1, 0.15) is 16.7 Å². The minimum atomic E-state index is 0. The van der Waals surface area contributed by atoms with E-state index in [9.17, 15) is 0 Å². The Morgan fingerprint density at radius 1 is 0.724 bits per heavy atom. The number of hydrogen-bond acceptors (Lipinski definition) is 2. The molecule has 0 bridgehead atoms. The standard InChI is InChI=1S/C22H19Cl4NO.ClH/c23-18-7-5-15(20(25)11-18)9-10-27-13-16-3-1-2-4-22(16)28-14-17-6-8-19(24)12-21(17)26;/h1-8,11-12,27H,9-10,13-14H2;1H. The number of halogens is 5. The van der Waals surface area contributed by atoms with Gasteiger partial charge in [0.15, 0.2) is 0 Å². The minimum Gasteiger partial charge on any atom is -0.489 e. The van der Waals surface area contributed by atoms with Gasteiger partial charge in [-0.1, -0.05) is 76.7 Å². The lowest BCUT2D eigenvalue weighted by Gasteiger charge is -2.13. The van der Waals surface area contributed by atoms with Gasteiger partial charge in [0, 0.05) is 37.8 Å². The zero-order chi connectivity index (χ0) is 19.9. The molecular weight excluding hydrogens is 472 g/mol. The summed E-state index contributed by atoms with van der Waals surface area (Å²) in [4.78, 5) is 0. The Morgan fingerprint density at radius 3 is 2.00 bits per heavy atom. The van der Waals surface area contributed by atoms with E-state index in [-0.39, 0.29) is 12.4 Å². The van der Waals surface area contributed by atoms with Crippen LogP contribution >= 0.6 is 58.8 Å². The highest BCUT2D eigenvalue weighted by atomic mass is 35.5. The average molecular weight is 492 g/mol.